The molecule has 0 aliphatic heterocycles. The van der Waals surface area contributed by atoms with Gasteiger partial charge in [0, 0.05) is 29.4 Å². The molecule has 0 bridgehead atoms. The number of nitrogens with one attached hydrogen (secondary N) is 1. The second-order valence-corrected chi connectivity index (χ2v) is 7.68. The van der Waals surface area contributed by atoms with Crippen molar-refractivity contribution in [1.29, 1.82) is 0 Å². The third-order valence-corrected chi connectivity index (χ3v) is 4.45. The molecule has 0 aliphatic rings. The lowest BCUT2D eigenvalue weighted by molar-refractivity contribution is 0.600. The van der Waals surface area contributed by atoms with Crippen LogP contribution in [0.4, 0.5) is 5.69 Å². The van der Waals surface area contributed by atoms with Crippen LogP contribution in [-0.2, 0) is 9.84 Å². The van der Waals surface area contributed by atoms with E-state index < -0.39 is 9.84 Å². The highest BCUT2D eigenvalue weighted by Crippen LogP contribution is 2.26. The summed E-state index contributed by atoms with van der Waals surface area (Å²) in [6.45, 7) is 0.601. The number of anilines is 1. The molecule has 0 atom stereocenters. The topological polar surface area (TPSA) is 72.2 Å². The molecule has 0 unspecified atom stereocenters. The first-order valence-electron chi connectivity index (χ1n) is 6.61. The number of rotatable bonds is 6. The molecule has 2 rings (SSSR count). The molecular formula is C15H18N2O2S2. The molecular weight excluding hydrogens is 304 g/mol. The Balaban J connectivity index is 2.22. The third kappa shape index (κ3) is 4.15. The lowest BCUT2D eigenvalue weighted by Gasteiger charge is -2.12. The molecule has 4 nitrogen and oxygen atoms in total. The monoisotopic (exact) mass is 322 g/mol. The van der Waals surface area contributed by atoms with Gasteiger partial charge in [-0.1, -0.05) is 36.5 Å². The summed E-state index contributed by atoms with van der Waals surface area (Å²) in [5, 5.41) is 5.31. The van der Waals surface area contributed by atoms with Crippen LogP contribution in [0, 0.1) is 0 Å². The largest absolute Gasteiger partial charge is 0.389 e. The van der Waals surface area contributed by atoms with E-state index >= 15 is 0 Å². The van der Waals surface area contributed by atoms with Gasteiger partial charge in [-0.3, -0.25) is 0 Å². The van der Waals surface area contributed by atoms with Crippen LogP contribution >= 0.6 is 12.2 Å². The molecule has 0 spiro atoms. The Morgan fingerprint density at radius 1 is 1.19 bits per heavy atom. The van der Waals surface area contributed by atoms with Gasteiger partial charge in [0.2, 0.25) is 0 Å². The van der Waals surface area contributed by atoms with E-state index in [0.717, 1.165) is 22.0 Å². The zero-order valence-corrected chi connectivity index (χ0v) is 13.4. The van der Waals surface area contributed by atoms with Crippen molar-refractivity contribution in [2.75, 3.05) is 23.9 Å². The summed E-state index contributed by atoms with van der Waals surface area (Å²) in [7, 11) is -2.91. The Bertz CT molecular complexity index is 770. The van der Waals surface area contributed by atoms with Crippen molar-refractivity contribution in [2.45, 2.75) is 6.42 Å². The fourth-order valence-electron chi connectivity index (χ4n) is 2.23. The zero-order valence-electron chi connectivity index (χ0n) is 11.8. The van der Waals surface area contributed by atoms with E-state index in [-0.39, 0.29) is 5.75 Å². The highest BCUT2D eigenvalue weighted by Gasteiger charge is 2.07. The first-order valence-corrected chi connectivity index (χ1v) is 9.08. The van der Waals surface area contributed by atoms with Gasteiger partial charge in [-0.25, -0.2) is 8.42 Å². The van der Waals surface area contributed by atoms with Gasteiger partial charge in [-0.05, 0) is 23.9 Å². The van der Waals surface area contributed by atoms with Crippen LogP contribution < -0.4 is 11.1 Å². The molecule has 0 saturated heterocycles. The van der Waals surface area contributed by atoms with Crippen molar-refractivity contribution in [3.8, 4) is 0 Å². The van der Waals surface area contributed by atoms with Crippen molar-refractivity contribution < 1.29 is 8.42 Å². The molecule has 6 heteroatoms. The molecule has 2 aromatic carbocycles. The molecule has 0 radical (unpaired) electrons. The summed E-state index contributed by atoms with van der Waals surface area (Å²) in [6, 6.07) is 11.7. The molecule has 0 heterocycles. The molecule has 0 amide bonds. The normalized spacial score (nSPS) is 11.5. The Kier molecular flexibility index (Phi) is 4.80. The average Bonchev–Trinajstić information content (AvgIpc) is 2.42. The van der Waals surface area contributed by atoms with Crippen LogP contribution in [0.1, 0.15) is 12.0 Å². The first kappa shape index (κ1) is 15.7. The number of sulfone groups is 1. The Morgan fingerprint density at radius 3 is 2.48 bits per heavy atom. The van der Waals surface area contributed by atoms with Crippen molar-refractivity contribution in [2.24, 2.45) is 5.73 Å². The number of benzene rings is 2. The van der Waals surface area contributed by atoms with Gasteiger partial charge in [0.15, 0.2) is 0 Å². The van der Waals surface area contributed by atoms with Crippen LogP contribution in [0.15, 0.2) is 36.4 Å². The van der Waals surface area contributed by atoms with Crippen molar-refractivity contribution >= 4 is 43.5 Å². The summed E-state index contributed by atoms with van der Waals surface area (Å²) >= 11 is 5.07. The van der Waals surface area contributed by atoms with Crippen molar-refractivity contribution in [1.82, 2.24) is 0 Å². The molecule has 0 fully saturated rings. The standard InChI is InChI=1S/C15H18N2O2S2/c1-21(18,19)10-4-9-17-14-8-7-13(15(16)20)11-5-2-3-6-12(11)14/h2-3,5-8,17H,4,9-10H2,1H3,(H2,16,20). The van der Waals surface area contributed by atoms with E-state index in [0.29, 0.717) is 18.0 Å². The van der Waals surface area contributed by atoms with Gasteiger partial charge >= 0.3 is 0 Å². The Labute approximate surface area is 130 Å². The Morgan fingerprint density at radius 2 is 1.86 bits per heavy atom. The van der Waals surface area contributed by atoms with Crippen molar-refractivity contribution in [3.05, 3.63) is 42.0 Å². The van der Waals surface area contributed by atoms with Crippen molar-refractivity contribution in [3.63, 3.8) is 0 Å². The summed E-state index contributed by atoms with van der Waals surface area (Å²) in [5.41, 5.74) is 7.55. The smallest absolute Gasteiger partial charge is 0.147 e. The quantitative estimate of drug-likeness (QED) is 0.631. The molecule has 3 N–H and O–H groups in total. The molecule has 21 heavy (non-hydrogen) atoms. The van der Waals surface area contributed by atoms with E-state index in [1.807, 2.05) is 36.4 Å². The third-order valence-electron chi connectivity index (χ3n) is 3.20. The maximum atomic E-state index is 11.1. The van der Waals surface area contributed by atoms with Gasteiger partial charge in [0.05, 0.1) is 5.75 Å². The van der Waals surface area contributed by atoms with Gasteiger partial charge in [0.25, 0.3) is 0 Å². The predicted octanol–water partition coefficient (Wildman–Crippen LogP) is 2.32. The number of thiocarbonyl (C=S) groups is 1. The van der Waals surface area contributed by atoms with Gasteiger partial charge < -0.3 is 11.1 Å². The summed E-state index contributed by atoms with van der Waals surface area (Å²) in [6.07, 6.45) is 1.82. The fourth-order valence-corrected chi connectivity index (χ4v) is 3.07. The van der Waals surface area contributed by atoms with Crippen LogP contribution in [0.2, 0.25) is 0 Å². The number of nitrogens with two attached hydrogens (primary N) is 1. The van der Waals surface area contributed by atoms with Crippen LogP contribution in [-0.4, -0.2) is 32.0 Å². The highest BCUT2D eigenvalue weighted by atomic mass is 32.2. The van der Waals surface area contributed by atoms with E-state index in [4.69, 9.17) is 18.0 Å². The van der Waals surface area contributed by atoms with Gasteiger partial charge in [-0.2, -0.15) is 0 Å². The van der Waals surface area contributed by atoms with Crippen LogP contribution in [0.3, 0.4) is 0 Å². The summed E-state index contributed by atoms with van der Waals surface area (Å²) in [5.74, 6) is 0.183. The second kappa shape index (κ2) is 6.41. The molecule has 112 valence electrons. The summed E-state index contributed by atoms with van der Waals surface area (Å²) in [4.78, 5) is 0.370. The van der Waals surface area contributed by atoms with Gasteiger partial charge in [-0.15, -0.1) is 0 Å². The Hall–Kier alpha value is -1.66. The maximum Gasteiger partial charge on any atom is 0.147 e. The van der Waals surface area contributed by atoms with Crippen LogP contribution in [0.25, 0.3) is 10.8 Å². The van der Waals surface area contributed by atoms with Gasteiger partial charge in [0.1, 0.15) is 14.8 Å². The number of hydrogen-bond donors (Lipinski definition) is 2. The van der Waals surface area contributed by atoms with Crippen LogP contribution in [0.5, 0.6) is 0 Å². The average molecular weight is 322 g/mol. The van der Waals surface area contributed by atoms with E-state index in [9.17, 15) is 8.42 Å². The first-order chi connectivity index (χ1) is 9.88. The zero-order chi connectivity index (χ0) is 15.5. The lowest BCUT2D eigenvalue weighted by atomic mass is 10.0. The molecule has 0 aliphatic carbocycles. The minimum Gasteiger partial charge on any atom is -0.389 e. The minimum atomic E-state index is -2.91. The van der Waals surface area contributed by atoms with E-state index in [1.165, 1.54) is 6.26 Å². The molecule has 2 aromatic rings. The lowest BCUT2D eigenvalue weighted by Crippen LogP contribution is -2.12. The number of fused-ring (bicyclic) bond motifs is 1. The molecule has 0 saturated carbocycles. The second-order valence-electron chi connectivity index (χ2n) is 4.98. The van der Waals surface area contributed by atoms with E-state index in [1.54, 1.807) is 0 Å². The molecule has 0 aromatic heterocycles. The summed E-state index contributed by atoms with van der Waals surface area (Å²) < 4.78 is 22.2. The minimum absolute atomic E-state index is 0.183. The highest BCUT2D eigenvalue weighted by molar-refractivity contribution is 7.90. The SMILES string of the molecule is CS(=O)(=O)CCCNc1ccc(C(N)=S)c2ccccc12. The fraction of sp³-hybridized carbons (Fsp3) is 0.267. The number of hydrogen-bond acceptors (Lipinski definition) is 4. The maximum absolute atomic E-state index is 11.1. The predicted molar refractivity (Wildman–Crippen MR) is 92.7 cm³/mol. The van der Waals surface area contributed by atoms with E-state index in [2.05, 4.69) is 5.32 Å².